The molecule has 0 aliphatic rings. The Morgan fingerprint density at radius 2 is 1.68 bits per heavy atom. The number of rotatable bonds is 5. The lowest BCUT2D eigenvalue weighted by Crippen LogP contribution is -2.27. The van der Waals surface area contributed by atoms with Gasteiger partial charge >= 0.3 is 12.1 Å². The third kappa shape index (κ3) is 5.62. The van der Waals surface area contributed by atoms with Gasteiger partial charge in [-0.2, -0.15) is 0 Å². The van der Waals surface area contributed by atoms with Gasteiger partial charge in [-0.05, 0) is 43.1 Å². The van der Waals surface area contributed by atoms with E-state index in [0.717, 1.165) is 0 Å². The van der Waals surface area contributed by atoms with Crippen LogP contribution in [-0.2, 0) is 9.47 Å². The molecule has 0 aliphatic heterocycles. The van der Waals surface area contributed by atoms with Crippen LogP contribution in [0.25, 0.3) is 0 Å². The van der Waals surface area contributed by atoms with Crippen molar-refractivity contribution >= 4 is 28.1 Å². The van der Waals surface area contributed by atoms with E-state index >= 15 is 0 Å². The van der Waals surface area contributed by atoms with Crippen molar-refractivity contribution < 1.29 is 37.0 Å². The van der Waals surface area contributed by atoms with Crippen LogP contribution in [0.5, 0.6) is 5.75 Å². The van der Waals surface area contributed by atoms with Gasteiger partial charge < -0.3 is 14.2 Å². The van der Waals surface area contributed by atoms with Crippen LogP contribution in [0.15, 0.2) is 4.47 Å². The van der Waals surface area contributed by atoms with Crippen LogP contribution in [0.1, 0.15) is 50.9 Å². The Balaban J connectivity index is 3.29. The molecule has 5 nitrogen and oxygen atoms in total. The zero-order valence-corrected chi connectivity index (χ0v) is 15.8. The average molecular weight is 427 g/mol. The van der Waals surface area contributed by atoms with E-state index in [2.05, 4.69) is 15.9 Å². The zero-order valence-electron chi connectivity index (χ0n) is 14.2. The van der Waals surface area contributed by atoms with Gasteiger partial charge in [-0.15, -0.1) is 0 Å². The average Bonchev–Trinajstić information content (AvgIpc) is 2.49. The molecule has 0 saturated carbocycles. The molecule has 9 heteroatoms. The number of hydrogen-bond donors (Lipinski definition) is 0. The molecule has 1 rings (SSSR count). The number of ether oxygens (including phenoxy) is 3. The summed E-state index contributed by atoms with van der Waals surface area (Å²) in [5.74, 6) is -7.51. The molecule has 0 N–H and O–H groups in total. The number of hydrogen-bond acceptors (Lipinski definition) is 5. The molecule has 0 atom stereocenters. The fraction of sp³-hybridized carbons (Fsp3) is 0.500. The highest BCUT2D eigenvalue weighted by molar-refractivity contribution is 9.10. The Morgan fingerprint density at radius 3 is 2.20 bits per heavy atom. The summed E-state index contributed by atoms with van der Waals surface area (Å²) in [6.45, 7) is 6.38. The quantitative estimate of drug-likeness (QED) is 0.214. The smallest absolute Gasteiger partial charge is 0.462 e. The van der Waals surface area contributed by atoms with Crippen LogP contribution in [0.4, 0.5) is 18.0 Å². The lowest BCUT2D eigenvalue weighted by atomic mass is 10.1. The van der Waals surface area contributed by atoms with E-state index in [0.29, 0.717) is 12.8 Å². The Hall–Kier alpha value is -1.77. The second kappa shape index (κ2) is 8.55. The monoisotopic (exact) mass is 426 g/mol. The molecule has 1 aromatic carbocycles. The SMILES string of the molecule is CCCCOC(=O)c1c(F)c(F)c(F)c(Br)c1OC(=O)OC(C)(C)C. The minimum Gasteiger partial charge on any atom is -0.462 e. The van der Waals surface area contributed by atoms with Gasteiger partial charge in [0.15, 0.2) is 23.2 Å². The highest BCUT2D eigenvalue weighted by Crippen LogP contribution is 2.37. The number of unbranched alkanes of at least 4 members (excludes halogenated alkanes) is 1. The summed E-state index contributed by atoms with van der Waals surface area (Å²) in [5.41, 5.74) is -1.99. The van der Waals surface area contributed by atoms with Crippen LogP contribution in [0, 0.1) is 17.5 Å². The summed E-state index contributed by atoms with van der Waals surface area (Å²) in [6, 6.07) is 0. The first-order valence-electron chi connectivity index (χ1n) is 7.43. The normalized spacial score (nSPS) is 11.2. The molecule has 25 heavy (non-hydrogen) atoms. The lowest BCUT2D eigenvalue weighted by molar-refractivity contribution is 0.0198. The Kier molecular flexibility index (Phi) is 7.28. The van der Waals surface area contributed by atoms with Crippen molar-refractivity contribution in [2.24, 2.45) is 0 Å². The van der Waals surface area contributed by atoms with Crippen LogP contribution in [0.3, 0.4) is 0 Å². The van der Waals surface area contributed by atoms with Gasteiger partial charge in [-0.3, -0.25) is 0 Å². The minimum atomic E-state index is -1.90. The minimum absolute atomic E-state index is 0.0583. The highest BCUT2D eigenvalue weighted by atomic mass is 79.9. The summed E-state index contributed by atoms with van der Waals surface area (Å²) in [6.07, 6.45) is -0.139. The molecule has 0 unspecified atom stereocenters. The van der Waals surface area contributed by atoms with Gasteiger partial charge in [0.2, 0.25) is 0 Å². The third-order valence-corrected chi connectivity index (χ3v) is 3.44. The van der Waals surface area contributed by atoms with Crippen LogP contribution < -0.4 is 4.74 Å². The predicted molar refractivity (Wildman–Crippen MR) is 86.1 cm³/mol. The summed E-state index contributed by atoms with van der Waals surface area (Å²) in [4.78, 5) is 23.8. The van der Waals surface area contributed by atoms with Gasteiger partial charge in [0, 0.05) is 0 Å². The molecule has 1 aromatic rings. The van der Waals surface area contributed by atoms with Crippen molar-refractivity contribution in [2.45, 2.75) is 46.1 Å². The predicted octanol–water partition coefficient (Wildman–Crippen LogP) is 5.14. The van der Waals surface area contributed by atoms with Crippen molar-refractivity contribution in [3.8, 4) is 5.75 Å². The first-order valence-corrected chi connectivity index (χ1v) is 8.22. The molecule has 0 aromatic heterocycles. The van der Waals surface area contributed by atoms with E-state index in [1.165, 1.54) is 20.8 Å². The largest absolute Gasteiger partial charge is 0.514 e. The highest BCUT2D eigenvalue weighted by Gasteiger charge is 2.32. The maximum Gasteiger partial charge on any atom is 0.514 e. The molecular weight excluding hydrogens is 409 g/mol. The molecule has 0 saturated heterocycles. The molecule has 140 valence electrons. The number of carbonyl (C=O) groups excluding carboxylic acids is 2. The van der Waals surface area contributed by atoms with Crippen molar-refractivity contribution in [1.82, 2.24) is 0 Å². The number of esters is 1. The van der Waals surface area contributed by atoms with Crippen molar-refractivity contribution in [2.75, 3.05) is 6.61 Å². The first kappa shape index (κ1) is 21.3. The maximum absolute atomic E-state index is 14.1. The van der Waals surface area contributed by atoms with Gasteiger partial charge in [0.25, 0.3) is 0 Å². The second-order valence-corrected chi connectivity index (χ2v) is 6.81. The van der Waals surface area contributed by atoms with Gasteiger partial charge in [-0.25, -0.2) is 22.8 Å². The zero-order chi connectivity index (χ0) is 19.4. The van der Waals surface area contributed by atoms with E-state index in [1.807, 2.05) is 6.92 Å². The molecule has 0 heterocycles. The fourth-order valence-corrected chi connectivity index (χ4v) is 2.08. The third-order valence-electron chi connectivity index (χ3n) is 2.73. The summed E-state index contributed by atoms with van der Waals surface area (Å²) in [7, 11) is 0. The summed E-state index contributed by atoms with van der Waals surface area (Å²) < 4.78 is 55.1. The summed E-state index contributed by atoms with van der Waals surface area (Å²) >= 11 is 2.65. The maximum atomic E-state index is 14.1. The van der Waals surface area contributed by atoms with Gasteiger partial charge in [-0.1, -0.05) is 13.3 Å². The molecule has 0 amide bonds. The Labute approximate surface area is 151 Å². The van der Waals surface area contributed by atoms with E-state index in [1.54, 1.807) is 0 Å². The van der Waals surface area contributed by atoms with Gasteiger partial charge in [0.05, 0.1) is 6.61 Å². The Morgan fingerprint density at radius 1 is 1.08 bits per heavy atom. The number of benzene rings is 1. The second-order valence-electron chi connectivity index (χ2n) is 6.02. The standard InChI is InChI=1S/C16H18BrF3O5/c1-5-6-7-23-14(21)8-10(18)12(20)11(19)9(17)13(8)24-15(22)25-16(2,3)4/h5-7H2,1-4H3. The van der Waals surface area contributed by atoms with Crippen molar-refractivity contribution in [3.05, 3.63) is 27.5 Å². The number of carbonyl (C=O) groups is 2. The Bertz CT molecular complexity index is 671. The topological polar surface area (TPSA) is 61.8 Å². The molecule has 0 radical (unpaired) electrons. The number of halogens is 4. The van der Waals surface area contributed by atoms with E-state index in [-0.39, 0.29) is 6.61 Å². The van der Waals surface area contributed by atoms with E-state index in [4.69, 9.17) is 14.2 Å². The van der Waals surface area contributed by atoms with Gasteiger partial charge in [0.1, 0.15) is 15.6 Å². The molecular formula is C16H18BrF3O5. The molecule has 0 bridgehead atoms. The summed E-state index contributed by atoms with van der Waals surface area (Å²) in [5, 5.41) is 0. The molecule has 0 fully saturated rings. The van der Waals surface area contributed by atoms with Crippen LogP contribution >= 0.6 is 15.9 Å². The fourth-order valence-electron chi connectivity index (χ4n) is 1.63. The first-order chi connectivity index (χ1) is 11.5. The van der Waals surface area contributed by atoms with Crippen molar-refractivity contribution in [3.63, 3.8) is 0 Å². The molecule has 0 aliphatic carbocycles. The van der Waals surface area contributed by atoms with E-state index in [9.17, 15) is 22.8 Å². The van der Waals surface area contributed by atoms with E-state index < -0.39 is 51.0 Å². The lowest BCUT2D eigenvalue weighted by Gasteiger charge is -2.20. The molecule has 0 spiro atoms. The van der Waals surface area contributed by atoms with Crippen LogP contribution in [0.2, 0.25) is 0 Å². The van der Waals surface area contributed by atoms with Crippen molar-refractivity contribution in [1.29, 1.82) is 0 Å². The van der Waals surface area contributed by atoms with Crippen LogP contribution in [-0.4, -0.2) is 24.3 Å².